The molecule has 1 aromatic rings. The molecule has 6 nitrogen and oxygen atoms in total. The Morgan fingerprint density at radius 2 is 2.00 bits per heavy atom. The van der Waals surface area contributed by atoms with E-state index in [1.165, 1.54) is 0 Å². The van der Waals surface area contributed by atoms with E-state index in [-0.39, 0.29) is 23.8 Å². The maximum atomic E-state index is 13.4. The van der Waals surface area contributed by atoms with Crippen LogP contribution >= 0.6 is 0 Å². The van der Waals surface area contributed by atoms with E-state index in [2.05, 4.69) is 12.2 Å². The Morgan fingerprint density at radius 1 is 1.26 bits per heavy atom. The van der Waals surface area contributed by atoms with Gasteiger partial charge in [0.2, 0.25) is 11.8 Å². The van der Waals surface area contributed by atoms with Crippen LogP contribution < -0.4 is 10.1 Å². The molecule has 1 aromatic carbocycles. The number of hydrogen-bond acceptors (Lipinski definition) is 4. The van der Waals surface area contributed by atoms with Gasteiger partial charge >= 0.3 is 0 Å². The molecule has 2 aliphatic rings. The number of para-hydroxylation sites is 1. The number of methoxy groups -OCH3 is 1. The van der Waals surface area contributed by atoms with Gasteiger partial charge in [0.05, 0.1) is 19.1 Å². The molecule has 0 saturated carbocycles. The number of carbonyl (C=O) groups is 2. The second kappa shape index (κ2) is 9.22. The molecule has 2 fully saturated rings. The summed E-state index contributed by atoms with van der Waals surface area (Å²) < 4.78 is 5.59. The van der Waals surface area contributed by atoms with E-state index in [9.17, 15) is 9.59 Å². The summed E-state index contributed by atoms with van der Waals surface area (Å²) >= 11 is 0. The van der Waals surface area contributed by atoms with Crippen molar-refractivity contribution in [2.75, 3.05) is 39.8 Å². The van der Waals surface area contributed by atoms with Crippen molar-refractivity contribution in [1.29, 1.82) is 0 Å². The molecule has 6 heteroatoms. The molecule has 0 unspecified atom stereocenters. The number of ether oxygens (including phenoxy) is 1. The molecule has 1 N–H and O–H groups in total. The molecule has 2 atom stereocenters. The highest BCUT2D eigenvalue weighted by Gasteiger charge is 2.43. The first-order chi connectivity index (χ1) is 13.2. The first-order valence-electron chi connectivity index (χ1n) is 10.1. The number of rotatable bonds is 6. The summed E-state index contributed by atoms with van der Waals surface area (Å²) in [4.78, 5) is 30.0. The van der Waals surface area contributed by atoms with Crippen LogP contribution in [0.1, 0.15) is 44.2 Å². The van der Waals surface area contributed by atoms with Crippen LogP contribution in [0.5, 0.6) is 5.75 Å². The van der Waals surface area contributed by atoms with Crippen molar-refractivity contribution >= 4 is 11.8 Å². The number of piperidine rings is 1. The van der Waals surface area contributed by atoms with Crippen LogP contribution in [0.15, 0.2) is 24.3 Å². The van der Waals surface area contributed by atoms with Gasteiger partial charge < -0.3 is 19.9 Å². The van der Waals surface area contributed by atoms with Crippen LogP contribution in [0, 0.1) is 5.92 Å². The summed E-state index contributed by atoms with van der Waals surface area (Å²) in [7, 11) is 1.65. The van der Waals surface area contributed by atoms with Gasteiger partial charge in [0, 0.05) is 44.7 Å². The molecule has 3 rings (SSSR count). The molecule has 2 aliphatic heterocycles. The normalized spacial score (nSPS) is 23.4. The Labute approximate surface area is 161 Å². The lowest BCUT2D eigenvalue weighted by Crippen LogP contribution is -2.53. The number of likely N-dealkylation sites (tertiary alicyclic amines) is 1. The standard InChI is InChI=1S/C21H31N3O3/c1-3-4-13-24-19(25)10-9-17(21(26)23-14-11-22-12-15-23)20(24)16-7-5-6-8-18(16)27-2/h5-8,17,20,22H,3-4,9-15H2,1-2H3/t17-,20-/m1/s1. The number of nitrogens with zero attached hydrogens (tertiary/aromatic N) is 2. The van der Waals surface area contributed by atoms with Crippen LogP contribution in [0.3, 0.4) is 0 Å². The number of benzene rings is 1. The van der Waals surface area contributed by atoms with Gasteiger partial charge in [-0.15, -0.1) is 0 Å². The first kappa shape index (κ1) is 19.7. The smallest absolute Gasteiger partial charge is 0.228 e. The summed E-state index contributed by atoms with van der Waals surface area (Å²) in [5, 5.41) is 3.30. The van der Waals surface area contributed by atoms with Crippen molar-refractivity contribution in [3.05, 3.63) is 29.8 Å². The number of amides is 2. The number of piperazine rings is 1. The number of nitrogens with one attached hydrogen (secondary N) is 1. The Hall–Kier alpha value is -2.08. The van der Waals surface area contributed by atoms with Gasteiger partial charge in [-0.1, -0.05) is 31.5 Å². The highest BCUT2D eigenvalue weighted by molar-refractivity contribution is 5.85. The van der Waals surface area contributed by atoms with Crippen molar-refractivity contribution in [1.82, 2.24) is 15.1 Å². The molecule has 2 amide bonds. The summed E-state index contributed by atoms with van der Waals surface area (Å²) in [5.74, 6) is 0.843. The van der Waals surface area contributed by atoms with Crippen LogP contribution in [0.25, 0.3) is 0 Å². The van der Waals surface area contributed by atoms with Crippen molar-refractivity contribution in [3.63, 3.8) is 0 Å². The Morgan fingerprint density at radius 3 is 2.70 bits per heavy atom. The molecular weight excluding hydrogens is 342 g/mol. The molecule has 0 bridgehead atoms. The van der Waals surface area contributed by atoms with Crippen LogP contribution in [0.2, 0.25) is 0 Å². The highest BCUT2D eigenvalue weighted by atomic mass is 16.5. The molecule has 148 valence electrons. The van der Waals surface area contributed by atoms with E-state index in [4.69, 9.17) is 4.74 Å². The van der Waals surface area contributed by atoms with Crippen LogP contribution in [-0.4, -0.2) is 61.4 Å². The van der Waals surface area contributed by atoms with Gasteiger partial charge in [-0.2, -0.15) is 0 Å². The van der Waals surface area contributed by atoms with E-state index in [1.54, 1.807) is 7.11 Å². The number of hydrogen-bond donors (Lipinski definition) is 1. The van der Waals surface area contributed by atoms with Gasteiger partial charge in [-0.25, -0.2) is 0 Å². The Bertz CT molecular complexity index is 658. The highest BCUT2D eigenvalue weighted by Crippen LogP contribution is 2.41. The fourth-order valence-electron chi connectivity index (χ4n) is 4.22. The quantitative estimate of drug-likeness (QED) is 0.830. The average molecular weight is 373 g/mol. The van der Waals surface area contributed by atoms with E-state index >= 15 is 0 Å². The zero-order chi connectivity index (χ0) is 19.2. The molecule has 0 aliphatic carbocycles. The zero-order valence-corrected chi connectivity index (χ0v) is 16.4. The lowest BCUT2D eigenvalue weighted by Gasteiger charge is -2.43. The SMILES string of the molecule is CCCCN1C(=O)CC[C@@H](C(=O)N2CCNCC2)[C@H]1c1ccccc1OC. The maximum absolute atomic E-state index is 13.4. The van der Waals surface area contributed by atoms with Crippen LogP contribution in [-0.2, 0) is 9.59 Å². The van der Waals surface area contributed by atoms with E-state index in [0.717, 1.165) is 50.3 Å². The van der Waals surface area contributed by atoms with E-state index in [0.29, 0.717) is 19.4 Å². The lowest BCUT2D eigenvalue weighted by molar-refractivity contribution is -0.148. The average Bonchev–Trinajstić information content (AvgIpc) is 2.72. The fourth-order valence-corrected chi connectivity index (χ4v) is 4.22. The number of carbonyl (C=O) groups excluding carboxylic acids is 2. The Kier molecular flexibility index (Phi) is 6.72. The zero-order valence-electron chi connectivity index (χ0n) is 16.4. The van der Waals surface area contributed by atoms with Crippen molar-refractivity contribution in [3.8, 4) is 5.75 Å². The third kappa shape index (κ3) is 4.26. The summed E-state index contributed by atoms with van der Waals surface area (Å²) in [6.07, 6.45) is 3.00. The lowest BCUT2D eigenvalue weighted by atomic mass is 9.82. The number of unbranched alkanes of at least 4 members (excludes halogenated alkanes) is 1. The topological polar surface area (TPSA) is 61.9 Å². The van der Waals surface area contributed by atoms with E-state index in [1.807, 2.05) is 34.1 Å². The second-order valence-electron chi connectivity index (χ2n) is 7.35. The summed E-state index contributed by atoms with van der Waals surface area (Å²) in [6.45, 7) is 5.93. The molecule has 2 saturated heterocycles. The predicted octanol–water partition coefficient (Wildman–Crippen LogP) is 2.21. The van der Waals surface area contributed by atoms with Crippen molar-refractivity contribution in [2.45, 2.75) is 38.6 Å². The van der Waals surface area contributed by atoms with Gasteiger partial charge in [0.1, 0.15) is 5.75 Å². The fraction of sp³-hybridized carbons (Fsp3) is 0.619. The maximum Gasteiger partial charge on any atom is 0.228 e. The second-order valence-corrected chi connectivity index (χ2v) is 7.35. The third-order valence-corrected chi connectivity index (χ3v) is 5.66. The molecule has 27 heavy (non-hydrogen) atoms. The predicted molar refractivity (Wildman–Crippen MR) is 105 cm³/mol. The minimum absolute atomic E-state index is 0.142. The largest absolute Gasteiger partial charge is 0.496 e. The van der Waals surface area contributed by atoms with Gasteiger partial charge in [0.25, 0.3) is 0 Å². The summed E-state index contributed by atoms with van der Waals surface area (Å²) in [5.41, 5.74) is 0.942. The first-order valence-corrected chi connectivity index (χ1v) is 10.1. The van der Waals surface area contributed by atoms with Crippen molar-refractivity contribution < 1.29 is 14.3 Å². The summed E-state index contributed by atoms with van der Waals surface area (Å²) in [6, 6.07) is 7.55. The van der Waals surface area contributed by atoms with Crippen LogP contribution in [0.4, 0.5) is 0 Å². The monoisotopic (exact) mass is 373 g/mol. The minimum Gasteiger partial charge on any atom is -0.496 e. The minimum atomic E-state index is -0.253. The third-order valence-electron chi connectivity index (χ3n) is 5.66. The molecule has 0 radical (unpaired) electrons. The molecule has 0 spiro atoms. The molecule has 0 aromatic heterocycles. The van der Waals surface area contributed by atoms with Crippen molar-refractivity contribution in [2.24, 2.45) is 5.92 Å². The van der Waals surface area contributed by atoms with Gasteiger partial charge in [-0.05, 0) is 18.9 Å². The van der Waals surface area contributed by atoms with Gasteiger partial charge in [-0.3, -0.25) is 9.59 Å². The molecular formula is C21H31N3O3. The Balaban J connectivity index is 1.96. The molecule has 2 heterocycles. The van der Waals surface area contributed by atoms with Gasteiger partial charge in [0.15, 0.2) is 0 Å². The van der Waals surface area contributed by atoms with E-state index < -0.39 is 0 Å².